The highest BCUT2D eigenvalue weighted by molar-refractivity contribution is 6.62. The molecular formula is C36H24BNO3. The monoisotopic (exact) mass is 529 g/mol. The number of para-hydroxylation sites is 2. The molecule has 6 aromatic carbocycles. The highest BCUT2D eigenvalue weighted by atomic mass is 16.4. The topological polar surface area (TPSA) is 58.5 Å². The Kier molecular flexibility index (Phi) is 5.35. The summed E-state index contributed by atoms with van der Waals surface area (Å²) >= 11 is 0. The van der Waals surface area contributed by atoms with Gasteiger partial charge in [0.05, 0.1) is 11.0 Å². The van der Waals surface area contributed by atoms with E-state index in [0.29, 0.717) is 16.6 Å². The van der Waals surface area contributed by atoms with Gasteiger partial charge >= 0.3 is 7.12 Å². The van der Waals surface area contributed by atoms with E-state index in [-0.39, 0.29) is 0 Å². The molecule has 194 valence electrons. The lowest BCUT2D eigenvalue weighted by Crippen LogP contribution is -2.30. The van der Waals surface area contributed by atoms with E-state index in [1.54, 1.807) is 12.1 Å². The summed E-state index contributed by atoms with van der Waals surface area (Å²) in [5.74, 6) is 0. The minimum absolute atomic E-state index is 0.440. The third-order valence-corrected chi connectivity index (χ3v) is 8.02. The molecule has 0 radical (unpaired) electrons. The van der Waals surface area contributed by atoms with Crippen molar-refractivity contribution < 1.29 is 14.5 Å². The van der Waals surface area contributed by atoms with Gasteiger partial charge in [0, 0.05) is 27.2 Å². The van der Waals surface area contributed by atoms with Crippen molar-refractivity contribution in [1.82, 2.24) is 4.57 Å². The van der Waals surface area contributed by atoms with Gasteiger partial charge in [-0.15, -0.1) is 0 Å². The molecule has 0 fully saturated rings. The average molecular weight is 529 g/mol. The molecule has 0 bridgehead atoms. The van der Waals surface area contributed by atoms with E-state index in [9.17, 15) is 10.0 Å². The molecule has 0 aliphatic rings. The molecule has 8 rings (SSSR count). The number of benzene rings is 6. The predicted octanol–water partition coefficient (Wildman–Crippen LogP) is 7.70. The Labute approximate surface area is 236 Å². The number of fused-ring (bicyclic) bond motifs is 6. The normalized spacial score (nSPS) is 11.7. The van der Waals surface area contributed by atoms with Gasteiger partial charge in [-0.3, -0.25) is 0 Å². The molecular weight excluding hydrogens is 505 g/mol. The Morgan fingerprint density at radius 2 is 1.15 bits per heavy atom. The highest BCUT2D eigenvalue weighted by Gasteiger charge is 2.20. The first-order valence-electron chi connectivity index (χ1n) is 13.7. The molecule has 5 heteroatoms. The summed E-state index contributed by atoms with van der Waals surface area (Å²) in [6.45, 7) is 0. The Hall–Kier alpha value is -5.10. The lowest BCUT2D eigenvalue weighted by Gasteiger charge is -2.09. The van der Waals surface area contributed by atoms with E-state index >= 15 is 0 Å². The van der Waals surface area contributed by atoms with Crippen LogP contribution in [0.15, 0.2) is 138 Å². The van der Waals surface area contributed by atoms with Crippen molar-refractivity contribution in [1.29, 1.82) is 0 Å². The predicted molar refractivity (Wildman–Crippen MR) is 169 cm³/mol. The van der Waals surface area contributed by atoms with E-state index in [1.807, 2.05) is 18.2 Å². The first-order chi connectivity index (χ1) is 20.2. The van der Waals surface area contributed by atoms with Gasteiger partial charge in [-0.1, -0.05) is 78.9 Å². The average Bonchev–Trinajstić information content (AvgIpc) is 3.56. The zero-order valence-corrected chi connectivity index (χ0v) is 22.0. The van der Waals surface area contributed by atoms with Gasteiger partial charge in [0.25, 0.3) is 0 Å². The van der Waals surface area contributed by atoms with Gasteiger partial charge < -0.3 is 19.0 Å². The van der Waals surface area contributed by atoms with Crippen LogP contribution in [0, 0.1) is 0 Å². The summed E-state index contributed by atoms with van der Waals surface area (Å²) < 4.78 is 8.34. The molecule has 0 aliphatic heterocycles. The molecule has 0 unspecified atom stereocenters. The fourth-order valence-electron chi connectivity index (χ4n) is 6.13. The molecule has 41 heavy (non-hydrogen) atoms. The van der Waals surface area contributed by atoms with E-state index in [4.69, 9.17) is 4.42 Å². The van der Waals surface area contributed by atoms with Crippen molar-refractivity contribution in [3.8, 4) is 27.9 Å². The minimum Gasteiger partial charge on any atom is -0.456 e. The highest BCUT2D eigenvalue weighted by Crippen LogP contribution is 2.37. The SMILES string of the molecule is OB(O)c1cccc2oc3ccc(-c4cccc(-c5ccc6c(c5)c5ccccc5n6-c5ccccc5)c4)cc3c12. The maximum atomic E-state index is 9.97. The van der Waals surface area contributed by atoms with Gasteiger partial charge in [-0.05, 0) is 82.3 Å². The number of furan rings is 1. The summed E-state index contributed by atoms with van der Waals surface area (Å²) in [5, 5.41) is 24.0. The van der Waals surface area contributed by atoms with Crippen molar-refractivity contribution in [3.05, 3.63) is 133 Å². The second-order valence-electron chi connectivity index (χ2n) is 10.4. The van der Waals surface area contributed by atoms with Crippen LogP contribution in [0.1, 0.15) is 0 Å². The molecule has 0 saturated heterocycles. The van der Waals surface area contributed by atoms with Crippen LogP contribution < -0.4 is 5.46 Å². The summed E-state index contributed by atoms with van der Waals surface area (Å²) in [6, 6.07) is 45.7. The van der Waals surface area contributed by atoms with Crippen molar-refractivity contribution in [2.24, 2.45) is 0 Å². The summed E-state index contributed by atoms with van der Waals surface area (Å²) in [4.78, 5) is 0. The van der Waals surface area contributed by atoms with Crippen molar-refractivity contribution in [3.63, 3.8) is 0 Å². The molecule has 2 heterocycles. The molecule has 0 aliphatic carbocycles. The third-order valence-electron chi connectivity index (χ3n) is 8.02. The summed E-state index contributed by atoms with van der Waals surface area (Å²) in [6.07, 6.45) is 0. The van der Waals surface area contributed by atoms with Crippen LogP contribution in [0.2, 0.25) is 0 Å². The fourth-order valence-corrected chi connectivity index (χ4v) is 6.13. The van der Waals surface area contributed by atoms with Gasteiger partial charge in [-0.25, -0.2) is 0 Å². The Morgan fingerprint density at radius 1 is 0.488 bits per heavy atom. The van der Waals surface area contributed by atoms with Gasteiger partial charge in [-0.2, -0.15) is 0 Å². The van der Waals surface area contributed by atoms with Crippen LogP contribution in [0.4, 0.5) is 0 Å². The van der Waals surface area contributed by atoms with Crippen molar-refractivity contribution in [2.45, 2.75) is 0 Å². The van der Waals surface area contributed by atoms with Crippen LogP contribution in [-0.2, 0) is 0 Å². The zero-order valence-electron chi connectivity index (χ0n) is 22.0. The maximum absolute atomic E-state index is 9.97. The van der Waals surface area contributed by atoms with Crippen molar-refractivity contribution in [2.75, 3.05) is 0 Å². The Bertz CT molecular complexity index is 2250. The minimum atomic E-state index is -1.57. The lowest BCUT2D eigenvalue weighted by atomic mass is 9.77. The van der Waals surface area contributed by atoms with Crippen LogP contribution in [-0.4, -0.2) is 21.7 Å². The number of nitrogens with zero attached hydrogens (tertiary/aromatic N) is 1. The first kappa shape index (κ1) is 23.8. The smallest absolute Gasteiger partial charge is 0.456 e. The van der Waals surface area contributed by atoms with E-state index in [1.165, 1.54) is 21.8 Å². The standard InChI is InChI=1S/C36H24BNO3/c39-37(40)31-13-7-15-35-36(31)30-22-26(17-19-34(30)41-35)24-9-6-8-23(20-24)25-16-18-33-29(21-25)28-12-4-5-14-32(28)38(33)27-10-2-1-3-11-27/h1-22,39-40H. The molecule has 8 aromatic rings. The number of aromatic nitrogens is 1. The Morgan fingerprint density at radius 3 is 1.95 bits per heavy atom. The van der Waals surface area contributed by atoms with Crippen LogP contribution in [0.3, 0.4) is 0 Å². The third kappa shape index (κ3) is 3.79. The number of rotatable bonds is 4. The molecule has 0 amide bonds. The number of hydrogen-bond donors (Lipinski definition) is 2. The molecule has 0 spiro atoms. The quantitative estimate of drug-likeness (QED) is 0.230. The molecule has 2 N–H and O–H groups in total. The fraction of sp³-hybridized carbons (Fsp3) is 0. The molecule has 0 atom stereocenters. The second kappa shape index (κ2) is 9.24. The lowest BCUT2D eigenvalue weighted by molar-refractivity contribution is 0.426. The van der Waals surface area contributed by atoms with Gasteiger partial charge in [0.1, 0.15) is 11.2 Å². The number of hydrogen-bond acceptors (Lipinski definition) is 3. The molecule has 2 aromatic heterocycles. The molecule has 0 saturated carbocycles. The van der Waals surface area contributed by atoms with E-state index in [2.05, 4.69) is 108 Å². The van der Waals surface area contributed by atoms with Gasteiger partial charge in [0.2, 0.25) is 0 Å². The van der Waals surface area contributed by atoms with Gasteiger partial charge in [0.15, 0.2) is 0 Å². The van der Waals surface area contributed by atoms with Crippen LogP contribution in [0.5, 0.6) is 0 Å². The van der Waals surface area contributed by atoms with E-state index < -0.39 is 7.12 Å². The maximum Gasteiger partial charge on any atom is 0.489 e. The largest absolute Gasteiger partial charge is 0.489 e. The summed E-state index contributed by atoms with van der Waals surface area (Å²) in [5.41, 5.74) is 9.69. The van der Waals surface area contributed by atoms with Crippen LogP contribution in [0.25, 0.3) is 71.7 Å². The Balaban J connectivity index is 1.27. The zero-order chi connectivity index (χ0) is 27.5. The summed E-state index contributed by atoms with van der Waals surface area (Å²) in [7, 11) is -1.57. The second-order valence-corrected chi connectivity index (χ2v) is 10.4. The first-order valence-corrected chi connectivity index (χ1v) is 13.7. The van der Waals surface area contributed by atoms with Crippen LogP contribution >= 0.6 is 0 Å². The van der Waals surface area contributed by atoms with E-state index in [0.717, 1.165) is 38.7 Å². The molecule has 4 nitrogen and oxygen atoms in total. The van der Waals surface area contributed by atoms with Crippen molar-refractivity contribution >= 4 is 56.3 Å².